The third-order valence-electron chi connectivity index (χ3n) is 2.41. The van der Waals surface area contributed by atoms with Crippen molar-refractivity contribution in [2.45, 2.75) is 0 Å². The highest BCUT2D eigenvalue weighted by Crippen LogP contribution is 2.30. The van der Waals surface area contributed by atoms with Crippen molar-refractivity contribution in [1.82, 2.24) is 0 Å². The van der Waals surface area contributed by atoms with Crippen molar-refractivity contribution in [3.05, 3.63) is 40.8 Å². The number of phenolic OH excluding ortho intramolecular Hbond substituents is 1. The van der Waals surface area contributed by atoms with Crippen LogP contribution in [-0.2, 0) is 4.74 Å². The first-order chi connectivity index (χ1) is 7.57. The van der Waals surface area contributed by atoms with E-state index < -0.39 is 11.6 Å². The molecular formula is C11H9NO4. The van der Waals surface area contributed by atoms with E-state index in [0.717, 1.165) is 0 Å². The molecule has 0 amide bonds. The molecule has 0 saturated heterocycles. The van der Waals surface area contributed by atoms with E-state index >= 15 is 0 Å². The molecule has 5 heteroatoms. The van der Waals surface area contributed by atoms with Gasteiger partial charge in [-0.05, 0) is 12.1 Å². The fourth-order valence-corrected chi connectivity index (χ4v) is 1.65. The molecule has 0 radical (unpaired) electrons. The summed E-state index contributed by atoms with van der Waals surface area (Å²) in [7, 11) is 1.27. The molecular weight excluding hydrogens is 210 g/mol. The normalized spacial score (nSPS) is 15.1. The number of allylic oxidation sites excluding steroid dienone is 2. The monoisotopic (exact) mass is 219 g/mol. The van der Waals surface area contributed by atoms with Crippen molar-refractivity contribution in [2.24, 2.45) is 5.73 Å². The number of carbonyl (C=O) groups excluding carboxylic acids is 2. The SMILES string of the molecule is COC1=C(N)C(=O)c2c(O)cccc2C1=O. The van der Waals surface area contributed by atoms with Crippen molar-refractivity contribution >= 4 is 11.6 Å². The topological polar surface area (TPSA) is 89.6 Å². The van der Waals surface area contributed by atoms with Gasteiger partial charge in [-0.25, -0.2) is 0 Å². The molecule has 3 N–H and O–H groups in total. The second kappa shape index (κ2) is 3.37. The van der Waals surface area contributed by atoms with Gasteiger partial charge in [-0.2, -0.15) is 0 Å². The van der Waals surface area contributed by atoms with Gasteiger partial charge in [0, 0.05) is 5.56 Å². The lowest BCUT2D eigenvalue weighted by Gasteiger charge is -2.17. The van der Waals surface area contributed by atoms with Crippen LogP contribution < -0.4 is 5.73 Å². The number of fused-ring (bicyclic) bond motifs is 1. The first-order valence-electron chi connectivity index (χ1n) is 4.53. The molecule has 0 atom stereocenters. The van der Waals surface area contributed by atoms with Crippen molar-refractivity contribution in [2.75, 3.05) is 7.11 Å². The highest BCUT2D eigenvalue weighted by atomic mass is 16.5. The van der Waals surface area contributed by atoms with Crippen LogP contribution in [0.25, 0.3) is 0 Å². The number of ketones is 2. The van der Waals surface area contributed by atoms with Crippen LogP contribution in [-0.4, -0.2) is 23.8 Å². The Morgan fingerprint density at radius 3 is 2.56 bits per heavy atom. The molecule has 16 heavy (non-hydrogen) atoms. The summed E-state index contributed by atoms with van der Waals surface area (Å²) in [4.78, 5) is 23.6. The lowest BCUT2D eigenvalue weighted by atomic mass is 9.91. The molecule has 0 saturated carbocycles. The van der Waals surface area contributed by atoms with Crippen LogP contribution in [0.5, 0.6) is 5.75 Å². The number of aromatic hydroxyl groups is 1. The zero-order valence-electron chi connectivity index (χ0n) is 8.48. The molecule has 1 aromatic carbocycles. The molecule has 0 aliphatic heterocycles. The highest BCUT2D eigenvalue weighted by Gasteiger charge is 2.33. The number of carbonyl (C=O) groups is 2. The second-order valence-corrected chi connectivity index (χ2v) is 3.30. The quantitative estimate of drug-likeness (QED) is 0.721. The van der Waals surface area contributed by atoms with Gasteiger partial charge in [0.15, 0.2) is 5.76 Å². The first-order valence-corrected chi connectivity index (χ1v) is 4.53. The van der Waals surface area contributed by atoms with Gasteiger partial charge in [0.2, 0.25) is 11.6 Å². The zero-order valence-corrected chi connectivity index (χ0v) is 8.48. The maximum absolute atomic E-state index is 11.8. The highest BCUT2D eigenvalue weighted by molar-refractivity contribution is 6.26. The standard InChI is InChI=1S/C11H9NO4/c1-16-11-8(12)10(15)7-5(9(11)14)3-2-4-6(7)13/h2-4,13H,12H2,1H3. The molecule has 0 fully saturated rings. The van der Waals surface area contributed by atoms with Crippen molar-refractivity contribution in [1.29, 1.82) is 0 Å². The number of hydrogen-bond acceptors (Lipinski definition) is 5. The summed E-state index contributed by atoms with van der Waals surface area (Å²) in [6.07, 6.45) is 0. The summed E-state index contributed by atoms with van der Waals surface area (Å²) in [6.45, 7) is 0. The van der Waals surface area contributed by atoms with E-state index in [-0.39, 0.29) is 28.3 Å². The third kappa shape index (κ3) is 1.18. The second-order valence-electron chi connectivity index (χ2n) is 3.30. The molecule has 0 aromatic heterocycles. The van der Waals surface area contributed by atoms with Gasteiger partial charge in [0.1, 0.15) is 11.4 Å². The Bertz CT molecular complexity index is 531. The molecule has 0 unspecified atom stereocenters. The average molecular weight is 219 g/mol. The van der Waals surface area contributed by atoms with Crippen LogP contribution in [0.1, 0.15) is 20.7 Å². The molecule has 0 heterocycles. The van der Waals surface area contributed by atoms with Crippen LogP contribution in [0.2, 0.25) is 0 Å². The van der Waals surface area contributed by atoms with Crippen LogP contribution >= 0.6 is 0 Å². The number of phenols is 1. The maximum atomic E-state index is 11.8. The minimum atomic E-state index is -0.593. The lowest BCUT2D eigenvalue weighted by Crippen LogP contribution is -2.27. The molecule has 2 rings (SSSR count). The molecule has 1 aliphatic rings. The number of rotatable bonds is 1. The summed E-state index contributed by atoms with van der Waals surface area (Å²) in [5, 5.41) is 9.53. The largest absolute Gasteiger partial charge is 0.507 e. The molecule has 82 valence electrons. The number of nitrogens with two attached hydrogens (primary N) is 1. The molecule has 0 bridgehead atoms. The Kier molecular flexibility index (Phi) is 2.16. The van der Waals surface area contributed by atoms with Crippen molar-refractivity contribution < 1.29 is 19.4 Å². The van der Waals surface area contributed by atoms with Gasteiger partial charge in [0.05, 0.1) is 12.7 Å². The smallest absolute Gasteiger partial charge is 0.230 e. The predicted octanol–water partition coefficient (Wildman–Crippen LogP) is 0.588. The Balaban J connectivity index is 2.74. The third-order valence-corrected chi connectivity index (χ3v) is 2.41. The van der Waals surface area contributed by atoms with Crippen LogP contribution in [0.3, 0.4) is 0 Å². The summed E-state index contributed by atoms with van der Waals surface area (Å²) in [5.74, 6) is -1.52. The van der Waals surface area contributed by atoms with Crippen molar-refractivity contribution in [3.63, 3.8) is 0 Å². The average Bonchev–Trinajstić information content (AvgIpc) is 2.27. The molecule has 1 aromatic rings. The molecule has 1 aliphatic carbocycles. The lowest BCUT2D eigenvalue weighted by molar-refractivity contribution is 0.0903. The van der Waals surface area contributed by atoms with Gasteiger partial charge in [-0.1, -0.05) is 6.07 Å². The summed E-state index contributed by atoms with van der Waals surface area (Å²) >= 11 is 0. The Labute approximate surface area is 91.1 Å². The minimum Gasteiger partial charge on any atom is -0.507 e. The van der Waals surface area contributed by atoms with E-state index in [1.807, 2.05) is 0 Å². The van der Waals surface area contributed by atoms with E-state index in [4.69, 9.17) is 10.5 Å². The number of hydrogen-bond donors (Lipinski definition) is 2. The van der Waals surface area contributed by atoms with Gasteiger partial charge < -0.3 is 15.6 Å². The number of Topliss-reactive ketones (excluding diaryl/α,β-unsaturated/α-hetero) is 2. The maximum Gasteiger partial charge on any atom is 0.230 e. The van der Waals surface area contributed by atoms with Gasteiger partial charge in [-0.15, -0.1) is 0 Å². The summed E-state index contributed by atoms with van der Waals surface area (Å²) < 4.78 is 4.79. The number of methoxy groups -OCH3 is 1. The fourth-order valence-electron chi connectivity index (χ4n) is 1.65. The van der Waals surface area contributed by atoms with E-state index in [9.17, 15) is 14.7 Å². The fraction of sp³-hybridized carbons (Fsp3) is 0.0909. The zero-order chi connectivity index (χ0) is 11.9. The summed E-state index contributed by atoms with van der Waals surface area (Å²) in [5.41, 5.74) is 5.25. The number of benzene rings is 1. The minimum absolute atomic E-state index is 0.0641. The Morgan fingerprint density at radius 1 is 1.25 bits per heavy atom. The molecule has 5 nitrogen and oxygen atoms in total. The molecule has 0 spiro atoms. The Morgan fingerprint density at radius 2 is 1.94 bits per heavy atom. The van der Waals surface area contributed by atoms with Crippen molar-refractivity contribution in [3.8, 4) is 5.75 Å². The van der Waals surface area contributed by atoms with Gasteiger partial charge >= 0.3 is 0 Å². The Hall–Kier alpha value is -2.30. The van der Waals surface area contributed by atoms with Gasteiger partial charge in [-0.3, -0.25) is 9.59 Å². The first kappa shape index (κ1) is 10.2. The van der Waals surface area contributed by atoms with Crippen LogP contribution in [0, 0.1) is 0 Å². The van der Waals surface area contributed by atoms with E-state index in [0.29, 0.717) is 0 Å². The van der Waals surface area contributed by atoms with E-state index in [1.54, 1.807) is 0 Å². The van der Waals surface area contributed by atoms with Crippen LogP contribution in [0.4, 0.5) is 0 Å². The van der Waals surface area contributed by atoms with Gasteiger partial charge in [0.25, 0.3) is 0 Å². The summed E-state index contributed by atoms with van der Waals surface area (Å²) in [6, 6.07) is 4.25. The van der Waals surface area contributed by atoms with E-state index in [2.05, 4.69) is 0 Å². The predicted molar refractivity (Wildman–Crippen MR) is 55.0 cm³/mol. The number of ether oxygens (including phenoxy) is 1. The van der Waals surface area contributed by atoms with E-state index in [1.165, 1.54) is 25.3 Å². The van der Waals surface area contributed by atoms with Crippen LogP contribution in [0.15, 0.2) is 29.7 Å².